The Morgan fingerprint density at radius 2 is 1.95 bits per heavy atom. The van der Waals surface area contributed by atoms with Gasteiger partial charge in [0.05, 0.1) is 11.1 Å². The van der Waals surface area contributed by atoms with Crippen molar-refractivity contribution in [3.63, 3.8) is 0 Å². The average Bonchev–Trinajstić information content (AvgIpc) is 2.66. The van der Waals surface area contributed by atoms with Gasteiger partial charge >= 0.3 is 5.97 Å². The summed E-state index contributed by atoms with van der Waals surface area (Å²) >= 11 is 0. The highest BCUT2D eigenvalue weighted by atomic mass is 16.5. The molecule has 2 heterocycles. The number of hydrogen-bond acceptors (Lipinski definition) is 2. The summed E-state index contributed by atoms with van der Waals surface area (Å²) in [5, 5.41) is 0. The van der Waals surface area contributed by atoms with Crippen molar-refractivity contribution < 1.29 is 9.53 Å². The Labute approximate surface area is 119 Å². The molecule has 2 aromatic rings. The number of carbonyl (C=O) groups excluding carboxylic acids is 1. The van der Waals surface area contributed by atoms with Crippen molar-refractivity contribution >= 4 is 17.6 Å². The summed E-state index contributed by atoms with van der Waals surface area (Å²) in [4.78, 5) is 12.1. The van der Waals surface area contributed by atoms with E-state index in [1.54, 1.807) is 0 Å². The van der Waals surface area contributed by atoms with Gasteiger partial charge in [0.1, 0.15) is 0 Å². The molecule has 0 fully saturated rings. The topological polar surface area (TPSA) is 30.7 Å². The van der Waals surface area contributed by atoms with Gasteiger partial charge in [-0.15, -0.1) is 0 Å². The highest BCUT2D eigenvalue weighted by molar-refractivity contribution is 5.80. The zero-order chi connectivity index (χ0) is 14.9. The maximum atomic E-state index is 12.1. The number of aromatic nitrogens is 1. The Kier molecular flexibility index (Phi) is 3.71. The average molecular weight is 271 g/mol. The molecule has 0 bridgehead atoms. The smallest absolute Gasteiger partial charge is 0.316 e. The van der Waals surface area contributed by atoms with E-state index < -0.39 is 5.41 Å². The fourth-order valence-corrected chi connectivity index (χ4v) is 1.87. The van der Waals surface area contributed by atoms with Crippen LogP contribution in [-0.4, -0.2) is 10.4 Å². The first kappa shape index (κ1) is 14.4. The summed E-state index contributed by atoms with van der Waals surface area (Å²) in [7, 11) is 0. The number of pyridine rings is 1. The molecule has 0 unspecified atom stereocenters. The molecule has 0 N–H and O–H groups in total. The molecular formula is C17H21NO2. The summed E-state index contributed by atoms with van der Waals surface area (Å²) < 4.78 is 7.62. The van der Waals surface area contributed by atoms with Gasteiger partial charge < -0.3 is 9.14 Å². The largest absolute Gasteiger partial charge is 0.424 e. The third-order valence-corrected chi connectivity index (χ3v) is 2.92. The maximum absolute atomic E-state index is 12.1. The lowest BCUT2D eigenvalue weighted by Gasteiger charge is -2.16. The molecular weight excluding hydrogens is 250 g/mol. The predicted molar refractivity (Wildman–Crippen MR) is 81.8 cm³/mol. The quantitative estimate of drug-likeness (QED) is 0.762. The maximum Gasteiger partial charge on any atom is 0.316 e. The fraction of sp³-hybridized carbons (Fsp3) is 0.353. The van der Waals surface area contributed by atoms with Crippen molar-refractivity contribution in [2.45, 2.75) is 34.6 Å². The van der Waals surface area contributed by atoms with Crippen molar-refractivity contribution in [2.24, 2.45) is 5.41 Å². The second-order valence-electron chi connectivity index (χ2n) is 6.25. The summed E-state index contributed by atoms with van der Waals surface area (Å²) in [6.07, 6.45) is 4.00. The molecule has 106 valence electrons. The minimum Gasteiger partial charge on any atom is -0.424 e. The minimum absolute atomic E-state index is 0.225. The Bertz CT molecular complexity index is 668. The molecule has 0 aliphatic carbocycles. The van der Waals surface area contributed by atoms with Gasteiger partial charge in [0.2, 0.25) is 0 Å². The van der Waals surface area contributed by atoms with Crippen LogP contribution in [0.2, 0.25) is 0 Å². The molecule has 3 nitrogen and oxygen atoms in total. The first-order valence-electron chi connectivity index (χ1n) is 6.76. The van der Waals surface area contributed by atoms with Crippen LogP contribution in [0.15, 0.2) is 36.0 Å². The molecule has 0 atom stereocenters. The van der Waals surface area contributed by atoms with Crippen molar-refractivity contribution in [3.05, 3.63) is 41.7 Å². The highest BCUT2D eigenvalue weighted by Crippen LogP contribution is 2.28. The highest BCUT2D eigenvalue weighted by Gasteiger charge is 2.25. The summed E-state index contributed by atoms with van der Waals surface area (Å²) in [5.41, 5.74) is 2.55. The van der Waals surface area contributed by atoms with Crippen LogP contribution in [0, 0.1) is 5.41 Å². The van der Waals surface area contributed by atoms with Crippen LogP contribution in [0.3, 0.4) is 0 Å². The Hall–Kier alpha value is -2.03. The third-order valence-electron chi connectivity index (χ3n) is 2.92. The van der Waals surface area contributed by atoms with E-state index in [4.69, 9.17) is 4.74 Å². The monoisotopic (exact) mass is 271 g/mol. The summed E-state index contributed by atoms with van der Waals surface area (Å²) in [6, 6.07) is 7.83. The lowest BCUT2D eigenvalue weighted by Crippen LogP contribution is -2.25. The molecule has 3 heteroatoms. The van der Waals surface area contributed by atoms with Crippen LogP contribution in [0.4, 0.5) is 0 Å². The van der Waals surface area contributed by atoms with Gasteiger partial charge in [-0.2, -0.15) is 0 Å². The standard InChI is InChI=1S/C17H21NO2/c1-12(2)10-14-15(20-16(19)17(3,4)5)11-13-8-6-7-9-18(13)14/h6-11H,1-5H3. The number of rotatable bonds is 2. The number of carbonyl (C=O) groups is 1. The van der Waals surface area contributed by atoms with Crippen LogP contribution >= 0.6 is 0 Å². The van der Waals surface area contributed by atoms with E-state index in [0.717, 1.165) is 16.8 Å². The number of hydrogen-bond donors (Lipinski definition) is 0. The van der Waals surface area contributed by atoms with Crippen LogP contribution < -0.4 is 4.74 Å². The van der Waals surface area contributed by atoms with E-state index >= 15 is 0 Å². The van der Waals surface area contributed by atoms with Gasteiger partial charge in [0, 0.05) is 17.8 Å². The molecule has 2 aromatic heterocycles. The number of nitrogens with zero attached hydrogens (tertiary/aromatic N) is 1. The van der Waals surface area contributed by atoms with Gasteiger partial charge in [0.25, 0.3) is 0 Å². The van der Waals surface area contributed by atoms with Crippen LogP contribution in [0.5, 0.6) is 5.75 Å². The summed E-state index contributed by atoms with van der Waals surface area (Å²) in [5.74, 6) is 0.383. The van der Waals surface area contributed by atoms with E-state index in [1.165, 1.54) is 0 Å². The van der Waals surface area contributed by atoms with E-state index in [-0.39, 0.29) is 5.97 Å². The molecule has 0 aromatic carbocycles. The molecule has 0 saturated carbocycles. The normalized spacial score (nSPS) is 11.4. The fourth-order valence-electron chi connectivity index (χ4n) is 1.87. The summed E-state index contributed by atoms with van der Waals surface area (Å²) in [6.45, 7) is 9.61. The lowest BCUT2D eigenvalue weighted by molar-refractivity contribution is -0.143. The van der Waals surface area contributed by atoms with E-state index in [2.05, 4.69) is 0 Å². The zero-order valence-corrected chi connectivity index (χ0v) is 12.7. The molecule has 0 spiro atoms. The number of ether oxygens (including phenoxy) is 1. The van der Waals surface area contributed by atoms with Gasteiger partial charge in [0.15, 0.2) is 5.75 Å². The first-order valence-corrected chi connectivity index (χ1v) is 6.76. The first-order chi connectivity index (χ1) is 9.29. The van der Waals surface area contributed by atoms with Crippen molar-refractivity contribution in [1.82, 2.24) is 4.40 Å². The number of fused-ring (bicyclic) bond motifs is 1. The molecule has 0 amide bonds. The molecule has 0 aliphatic heterocycles. The molecule has 20 heavy (non-hydrogen) atoms. The van der Waals surface area contributed by atoms with Gasteiger partial charge in [-0.1, -0.05) is 11.6 Å². The molecule has 0 aliphatic rings. The Morgan fingerprint density at radius 1 is 1.25 bits per heavy atom. The van der Waals surface area contributed by atoms with Crippen LogP contribution in [0.1, 0.15) is 40.3 Å². The Balaban J connectivity index is 2.52. The predicted octanol–water partition coefficient (Wildman–Crippen LogP) is 4.31. The van der Waals surface area contributed by atoms with E-state index in [0.29, 0.717) is 5.75 Å². The van der Waals surface area contributed by atoms with Crippen LogP contribution in [0.25, 0.3) is 11.6 Å². The SMILES string of the molecule is CC(C)=Cc1c(OC(=O)C(C)(C)C)cc2ccccn12. The van der Waals surface area contributed by atoms with E-state index in [1.807, 2.05) is 75.6 Å². The Morgan fingerprint density at radius 3 is 2.55 bits per heavy atom. The molecule has 2 rings (SSSR count). The van der Waals surface area contributed by atoms with Crippen molar-refractivity contribution in [1.29, 1.82) is 0 Å². The second-order valence-corrected chi connectivity index (χ2v) is 6.25. The van der Waals surface area contributed by atoms with Crippen molar-refractivity contribution in [2.75, 3.05) is 0 Å². The molecule has 0 saturated heterocycles. The zero-order valence-electron chi connectivity index (χ0n) is 12.7. The second kappa shape index (κ2) is 5.16. The third kappa shape index (κ3) is 2.93. The van der Waals surface area contributed by atoms with Crippen LogP contribution in [-0.2, 0) is 4.79 Å². The van der Waals surface area contributed by atoms with E-state index in [9.17, 15) is 4.79 Å². The lowest BCUT2D eigenvalue weighted by atomic mass is 9.97. The van der Waals surface area contributed by atoms with Crippen molar-refractivity contribution in [3.8, 4) is 5.75 Å². The number of esters is 1. The van der Waals surface area contributed by atoms with Gasteiger partial charge in [-0.3, -0.25) is 4.79 Å². The number of allylic oxidation sites excluding steroid dienone is 1. The van der Waals surface area contributed by atoms with Gasteiger partial charge in [-0.05, 0) is 52.8 Å². The minimum atomic E-state index is -0.517. The van der Waals surface area contributed by atoms with Gasteiger partial charge in [-0.25, -0.2) is 0 Å². The molecule has 0 radical (unpaired) electrons.